The quantitative estimate of drug-likeness (QED) is 0.185. The van der Waals surface area contributed by atoms with Gasteiger partial charge in [-0.2, -0.15) is 0 Å². The Morgan fingerprint density at radius 3 is 2.00 bits per heavy atom. The molecule has 0 aliphatic heterocycles. The van der Waals surface area contributed by atoms with Gasteiger partial charge in [-0.3, -0.25) is 0 Å². The Hall–Kier alpha value is -6.70. The molecule has 0 atom stereocenters. The summed E-state index contributed by atoms with van der Waals surface area (Å²) in [5, 5.41) is 6.40. The number of oxazole rings is 1. The zero-order chi connectivity index (χ0) is 33.5. The molecule has 4 heterocycles. The minimum atomic E-state index is 0.578. The highest BCUT2D eigenvalue weighted by Crippen LogP contribution is 2.41. The van der Waals surface area contributed by atoms with Gasteiger partial charge in [0.25, 0.3) is 0 Å². The van der Waals surface area contributed by atoms with Crippen LogP contribution in [0.25, 0.3) is 110 Å². The summed E-state index contributed by atoms with van der Waals surface area (Å²) in [7, 11) is 0. The largest absolute Gasteiger partial charge is 0.456 e. The van der Waals surface area contributed by atoms with Crippen molar-refractivity contribution in [2.45, 2.75) is 0 Å². The Labute approximate surface area is 294 Å². The van der Waals surface area contributed by atoms with E-state index >= 15 is 0 Å². The molecule has 0 aliphatic rings. The Morgan fingerprint density at radius 1 is 0.412 bits per heavy atom. The van der Waals surface area contributed by atoms with E-state index in [1.165, 1.54) is 20.2 Å². The molecule has 0 unspecified atom stereocenters. The Morgan fingerprint density at radius 2 is 1.14 bits per heavy atom. The molecular formula is C44H24N4O2S. The molecule has 238 valence electrons. The lowest BCUT2D eigenvalue weighted by Gasteiger charge is -2.10. The fourth-order valence-electron chi connectivity index (χ4n) is 7.13. The van der Waals surface area contributed by atoms with E-state index in [4.69, 9.17) is 28.8 Å². The molecule has 7 heteroatoms. The summed E-state index contributed by atoms with van der Waals surface area (Å²) in [6.45, 7) is 0. The van der Waals surface area contributed by atoms with Crippen LogP contribution in [0.1, 0.15) is 0 Å². The number of rotatable bonds is 4. The number of furan rings is 1. The van der Waals surface area contributed by atoms with Crippen molar-refractivity contribution in [3.05, 3.63) is 146 Å². The van der Waals surface area contributed by atoms with Crippen molar-refractivity contribution in [3.63, 3.8) is 0 Å². The first-order chi connectivity index (χ1) is 25.2. The molecule has 7 aromatic carbocycles. The Balaban J connectivity index is 1.13. The summed E-state index contributed by atoms with van der Waals surface area (Å²) in [6.07, 6.45) is 0. The number of hydrogen-bond donors (Lipinski definition) is 0. The monoisotopic (exact) mass is 672 g/mol. The maximum absolute atomic E-state index is 6.42. The van der Waals surface area contributed by atoms with Gasteiger partial charge < -0.3 is 8.83 Å². The summed E-state index contributed by atoms with van der Waals surface area (Å²) in [4.78, 5) is 20.2. The smallest absolute Gasteiger partial charge is 0.227 e. The van der Waals surface area contributed by atoms with Crippen molar-refractivity contribution in [3.8, 4) is 45.6 Å². The Kier molecular flexibility index (Phi) is 6.02. The first-order valence-corrected chi connectivity index (χ1v) is 17.5. The van der Waals surface area contributed by atoms with Crippen molar-refractivity contribution in [1.82, 2.24) is 19.9 Å². The van der Waals surface area contributed by atoms with E-state index in [0.29, 0.717) is 28.9 Å². The van der Waals surface area contributed by atoms with Gasteiger partial charge in [0.05, 0.1) is 5.39 Å². The van der Waals surface area contributed by atoms with E-state index in [2.05, 4.69) is 66.7 Å². The maximum atomic E-state index is 6.42. The zero-order valence-corrected chi connectivity index (χ0v) is 27.7. The molecule has 0 N–H and O–H groups in total. The molecule has 6 nitrogen and oxygen atoms in total. The first-order valence-electron chi connectivity index (χ1n) is 16.7. The van der Waals surface area contributed by atoms with Crippen LogP contribution in [0, 0.1) is 0 Å². The standard InChI is InChI=1S/C44H24N4O2S/c1-3-10-25(11-4-1)41-46-42(28-18-19-30-29-15-7-8-17-37(29)51-38(30)23-28)48-43(47-41)31-16-9-14-27-22-36-33(24-32(27)31)39-34(49-36)20-21-35-40(39)45-44(50-35)26-12-5-2-6-13-26/h1-24H. The van der Waals surface area contributed by atoms with Gasteiger partial charge in [-0.15, -0.1) is 11.3 Å². The van der Waals surface area contributed by atoms with Crippen molar-refractivity contribution in [2.75, 3.05) is 0 Å². The highest BCUT2D eigenvalue weighted by molar-refractivity contribution is 7.25. The Bertz CT molecular complexity index is 3150. The van der Waals surface area contributed by atoms with Crippen LogP contribution in [0.4, 0.5) is 0 Å². The van der Waals surface area contributed by atoms with Crippen molar-refractivity contribution in [1.29, 1.82) is 0 Å². The van der Waals surface area contributed by atoms with Gasteiger partial charge in [0, 0.05) is 47.8 Å². The summed E-state index contributed by atoms with van der Waals surface area (Å²) >= 11 is 1.79. The van der Waals surface area contributed by atoms with Crippen LogP contribution in [0.3, 0.4) is 0 Å². The van der Waals surface area contributed by atoms with Gasteiger partial charge in [-0.1, -0.05) is 97.1 Å². The van der Waals surface area contributed by atoms with Crippen LogP contribution in [0.15, 0.2) is 154 Å². The van der Waals surface area contributed by atoms with E-state index < -0.39 is 0 Å². The van der Waals surface area contributed by atoms with Gasteiger partial charge in [0.2, 0.25) is 5.89 Å². The lowest BCUT2D eigenvalue weighted by atomic mass is 10.0. The number of nitrogens with zero attached hydrogens (tertiary/aromatic N) is 4. The van der Waals surface area contributed by atoms with Crippen LogP contribution >= 0.6 is 11.3 Å². The minimum Gasteiger partial charge on any atom is -0.456 e. The molecule has 0 saturated carbocycles. The lowest BCUT2D eigenvalue weighted by Crippen LogP contribution is -2.00. The summed E-state index contributed by atoms with van der Waals surface area (Å²) in [6, 6.07) is 49.5. The van der Waals surface area contributed by atoms with Gasteiger partial charge in [0.15, 0.2) is 23.1 Å². The third-order valence-electron chi connectivity index (χ3n) is 9.56. The van der Waals surface area contributed by atoms with Crippen LogP contribution in [-0.2, 0) is 0 Å². The molecule has 0 bridgehead atoms. The molecule has 4 aromatic heterocycles. The average molecular weight is 673 g/mol. The summed E-state index contributed by atoms with van der Waals surface area (Å²) in [5.41, 5.74) is 6.73. The van der Waals surface area contributed by atoms with E-state index in [1.54, 1.807) is 11.3 Å². The fourth-order valence-corrected chi connectivity index (χ4v) is 8.27. The molecular weight excluding hydrogens is 649 g/mol. The molecule has 0 spiro atoms. The molecule has 0 saturated heterocycles. The van der Waals surface area contributed by atoms with Gasteiger partial charge in [-0.25, -0.2) is 19.9 Å². The van der Waals surface area contributed by atoms with Crippen LogP contribution in [-0.4, -0.2) is 19.9 Å². The van der Waals surface area contributed by atoms with E-state index in [1.807, 2.05) is 78.9 Å². The van der Waals surface area contributed by atoms with Crippen LogP contribution in [0.2, 0.25) is 0 Å². The number of aromatic nitrogens is 4. The predicted molar refractivity (Wildman–Crippen MR) is 207 cm³/mol. The van der Waals surface area contributed by atoms with E-state index in [0.717, 1.165) is 60.5 Å². The minimum absolute atomic E-state index is 0.578. The van der Waals surface area contributed by atoms with E-state index in [9.17, 15) is 0 Å². The van der Waals surface area contributed by atoms with Crippen molar-refractivity contribution < 1.29 is 8.83 Å². The summed E-state index contributed by atoms with van der Waals surface area (Å²) < 4.78 is 15.1. The lowest BCUT2D eigenvalue weighted by molar-refractivity contribution is 0.619. The van der Waals surface area contributed by atoms with Gasteiger partial charge >= 0.3 is 0 Å². The van der Waals surface area contributed by atoms with E-state index in [-0.39, 0.29) is 0 Å². The molecule has 0 aliphatic carbocycles. The molecule has 11 aromatic rings. The molecule has 0 fully saturated rings. The second-order valence-electron chi connectivity index (χ2n) is 12.6. The molecule has 0 amide bonds. The molecule has 11 rings (SSSR count). The first kappa shape index (κ1) is 28.2. The van der Waals surface area contributed by atoms with Crippen LogP contribution < -0.4 is 0 Å². The normalized spacial score (nSPS) is 11.9. The second kappa shape index (κ2) is 10.9. The predicted octanol–water partition coefficient (Wildman–Crippen LogP) is 12.1. The molecule has 51 heavy (non-hydrogen) atoms. The second-order valence-corrected chi connectivity index (χ2v) is 13.7. The number of benzene rings is 7. The average Bonchev–Trinajstić information content (AvgIpc) is 3.90. The number of fused-ring (bicyclic) bond motifs is 9. The zero-order valence-electron chi connectivity index (χ0n) is 26.9. The third-order valence-corrected chi connectivity index (χ3v) is 10.7. The number of hydrogen-bond acceptors (Lipinski definition) is 7. The van der Waals surface area contributed by atoms with Crippen molar-refractivity contribution in [2.24, 2.45) is 0 Å². The van der Waals surface area contributed by atoms with Gasteiger partial charge in [-0.05, 0) is 59.3 Å². The van der Waals surface area contributed by atoms with Crippen LogP contribution in [0.5, 0.6) is 0 Å². The maximum Gasteiger partial charge on any atom is 0.227 e. The number of thiophene rings is 1. The third kappa shape index (κ3) is 4.49. The molecule has 0 radical (unpaired) electrons. The highest BCUT2D eigenvalue weighted by Gasteiger charge is 2.20. The summed E-state index contributed by atoms with van der Waals surface area (Å²) in [5.74, 6) is 2.43. The van der Waals surface area contributed by atoms with Gasteiger partial charge in [0.1, 0.15) is 16.7 Å². The van der Waals surface area contributed by atoms with Crippen molar-refractivity contribution >= 4 is 75.3 Å². The highest BCUT2D eigenvalue weighted by atomic mass is 32.1. The fraction of sp³-hybridized carbons (Fsp3) is 0. The topological polar surface area (TPSA) is 77.8 Å². The SMILES string of the molecule is c1ccc(-c2nc(-c3ccc4c(c3)sc3ccccc34)nc(-c3cccc4cc5oc6ccc7oc(-c8ccccc8)nc7c6c5cc34)n2)cc1.